The van der Waals surface area contributed by atoms with E-state index in [2.05, 4.69) is 4.99 Å². The van der Waals surface area contributed by atoms with Crippen LogP contribution < -0.4 is 9.47 Å². The summed E-state index contributed by atoms with van der Waals surface area (Å²) in [6.45, 7) is 1.93. The number of esters is 1. The van der Waals surface area contributed by atoms with Crippen LogP contribution in [0.1, 0.15) is 16.7 Å². The number of carbonyl (C=O) groups excluding carboxylic acids is 1. The number of benzene rings is 2. The van der Waals surface area contributed by atoms with E-state index in [9.17, 15) is 4.79 Å². The van der Waals surface area contributed by atoms with Crippen LogP contribution in [0, 0.1) is 6.92 Å². The topological polar surface area (TPSA) is 57.1 Å². The van der Waals surface area contributed by atoms with Crippen LogP contribution in [0.15, 0.2) is 53.2 Å². The van der Waals surface area contributed by atoms with Gasteiger partial charge in [0.25, 0.3) is 0 Å². The number of nitrogens with zero attached hydrogens (tertiary/aromatic N) is 1. The molecule has 1 heterocycles. The monoisotopic (exact) mass is 323 g/mol. The van der Waals surface area contributed by atoms with E-state index < -0.39 is 5.97 Å². The lowest BCUT2D eigenvalue weighted by Crippen LogP contribution is -2.05. The minimum absolute atomic E-state index is 0.254. The summed E-state index contributed by atoms with van der Waals surface area (Å²) < 4.78 is 15.8. The molecule has 0 amide bonds. The second-order valence-electron chi connectivity index (χ2n) is 5.27. The van der Waals surface area contributed by atoms with E-state index in [0.717, 1.165) is 16.7 Å². The highest BCUT2D eigenvalue weighted by atomic mass is 16.6. The Morgan fingerprint density at radius 2 is 1.71 bits per heavy atom. The first kappa shape index (κ1) is 15.8. The third-order valence-corrected chi connectivity index (χ3v) is 3.71. The molecule has 1 aliphatic rings. The Bertz CT molecular complexity index is 838. The van der Waals surface area contributed by atoms with Gasteiger partial charge in [0.15, 0.2) is 17.2 Å². The minimum atomic E-state index is -0.469. The van der Waals surface area contributed by atoms with Gasteiger partial charge in [-0.1, -0.05) is 18.2 Å². The summed E-state index contributed by atoms with van der Waals surface area (Å²) in [5.41, 5.74) is 2.77. The van der Waals surface area contributed by atoms with Gasteiger partial charge >= 0.3 is 5.97 Å². The van der Waals surface area contributed by atoms with Gasteiger partial charge in [0.1, 0.15) is 0 Å². The van der Waals surface area contributed by atoms with E-state index in [-0.39, 0.29) is 5.70 Å². The summed E-state index contributed by atoms with van der Waals surface area (Å²) >= 11 is 0. The summed E-state index contributed by atoms with van der Waals surface area (Å²) in [7, 11) is 3.15. The molecule has 24 heavy (non-hydrogen) atoms. The maximum absolute atomic E-state index is 12.1. The molecule has 2 aromatic rings. The number of hydrogen-bond acceptors (Lipinski definition) is 5. The van der Waals surface area contributed by atoms with E-state index in [1.165, 1.54) is 0 Å². The maximum atomic E-state index is 12.1. The molecule has 0 bridgehead atoms. The van der Waals surface area contributed by atoms with Crippen molar-refractivity contribution in [1.29, 1.82) is 0 Å². The number of aliphatic imine (C=N–C) groups is 1. The first-order chi connectivity index (χ1) is 11.6. The average Bonchev–Trinajstić information content (AvgIpc) is 2.97. The summed E-state index contributed by atoms with van der Waals surface area (Å²) in [6.07, 6.45) is 1.69. The van der Waals surface area contributed by atoms with Gasteiger partial charge < -0.3 is 14.2 Å². The molecule has 0 radical (unpaired) electrons. The molecule has 2 aromatic carbocycles. The Hall–Kier alpha value is -3.08. The molecule has 0 fully saturated rings. The molecule has 0 unspecified atom stereocenters. The number of rotatable bonds is 4. The van der Waals surface area contributed by atoms with Gasteiger partial charge in [0.2, 0.25) is 5.90 Å². The van der Waals surface area contributed by atoms with Crippen LogP contribution in [-0.4, -0.2) is 26.1 Å². The van der Waals surface area contributed by atoms with Crippen molar-refractivity contribution < 1.29 is 19.0 Å². The van der Waals surface area contributed by atoms with Crippen molar-refractivity contribution in [3.05, 3.63) is 64.9 Å². The molecule has 5 heteroatoms. The predicted octanol–water partition coefficient (Wildman–Crippen LogP) is 3.36. The molecular weight excluding hydrogens is 306 g/mol. The fourth-order valence-electron chi connectivity index (χ4n) is 2.41. The smallest absolute Gasteiger partial charge is 0.363 e. The Labute approximate surface area is 140 Å². The average molecular weight is 323 g/mol. The predicted molar refractivity (Wildman–Crippen MR) is 91.3 cm³/mol. The molecule has 0 saturated heterocycles. The van der Waals surface area contributed by atoms with Crippen LogP contribution >= 0.6 is 0 Å². The molecule has 1 aliphatic heterocycles. The van der Waals surface area contributed by atoms with E-state index >= 15 is 0 Å². The van der Waals surface area contributed by atoms with E-state index in [4.69, 9.17) is 14.2 Å². The first-order valence-electron chi connectivity index (χ1n) is 7.43. The summed E-state index contributed by atoms with van der Waals surface area (Å²) in [4.78, 5) is 16.4. The highest BCUT2D eigenvalue weighted by Crippen LogP contribution is 2.32. The third-order valence-electron chi connectivity index (χ3n) is 3.71. The van der Waals surface area contributed by atoms with Crippen molar-refractivity contribution in [2.45, 2.75) is 6.92 Å². The van der Waals surface area contributed by atoms with E-state index in [1.807, 2.05) is 49.4 Å². The van der Waals surface area contributed by atoms with Gasteiger partial charge in [-0.15, -0.1) is 0 Å². The molecule has 0 atom stereocenters. The fraction of sp³-hybridized carbons (Fsp3) is 0.158. The molecule has 0 aliphatic carbocycles. The van der Waals surface area contributed by atoms with Crippen molar-refractivity contribution >= 4 is 17.9 Å². The van der Waals surface area contributed by atoms with Crippen LogP contribution in [0.5, 0.6) is 11.5 Å². The quantitative estimate of drug-likeness (QED) is 0.639. The van der Waals surface area contributed by atoms with Crippen LogP contribution in [0.2, 0.25) is 0 Å². The van der Waals surface area contributed by atoms with Crippen molar-refractivity contribution in [3.63, 3.8) is 0 Å². The summed E-state index contributed by atoms with van der Waals surface area (Å²) in [6, 6.07) is 13.0. The maximum Gasteiger partial charge on any atom is 0.363 e. The number of methoxy groups -OCH3 is 2. The van der Waals surface area contributed by atoms with Crippen LogP contribution in [0.4, 0.5) is 0 Å². The van der Waals surface area contributed by atoms with Crippen LogP contribution in [0.25, 0.3) is 6.08 Å². The number of carbonyl (C=O) groups is 1. The zero-order chi connectivity index (χ0) is 17.1. The van der Waals surface area contributed by atoms with Gasteiger partial charge in [-0.3, -0.25) is 0 Å². The number of ether oxygens (including phenoxy) is 3. The lowest BCUT2D eigenvalue weighted by molar-refractivity contribution is -0.129. The Balaban J connectivity index is 1.99. The number of hydrogen-bond donors (Lipinski definition) is 0. The zero-order valence-electron chi connectivity index (χ0n) is 13.7. The van der Waals surface area contributed by atoms with Gasteiger partial charge in [0.05, 0.1) is 14.2 Å². The zero-order valence-corrected chi connectivity index (χ0v) is 13.7. The highest BCUT2D eigenvalue weighted by molar-refractivity contribution is 6.12. The van der Waals surface area contributed by atoms with Crippen LogP contribution in [0.3, 0.4) is 0 Å². The van der Waals surface area contributed by atoms with Crippen molar-refractivity contribution in [3.8, 4) is 11.5 Å². The molecule has 3 rings (SSSR count). The number of cyclic esters (lactones) is 1. The number of aryl methyl sites for hydroxylation is 1. The van der Waals surface area contributed by atoms with Gasteiger partial charge in [-0.2, -0.15) is 0 Å². The van der Waals surface area contributed by atoms with Gasteiger partial charge in [0, 0.05) is 5.56 Å². The molecule has 0 saturated carbocycles. The second-order valence-corrected chi connectivity index (χ2v) is 5.27. The lowest BCUT2D eigenvalue weighted by atomic mass is 10.1. The van der Waals surface area contributed by atoms with Crippen molar-refractivity contribution in [2.75, 3.05) is 14.2 Å². The van der Waals surface area contributed by atoms with E-state index in [1.54, 1.807) is 20.3 Å². The molecule has 0 spiro atoms. The molecule has 0 N–H and O–H groups in total. The Kier molecular flexibility index (Phi) is 4.33. The van der Waals surface area contributed by atoms with Gasteiger partial charge in [-0.05, 0) is 48.4 Å². The SMILES string of the molecule is COc1cc(C)c(/C=C2\N=C(c3ccccc3)OC2=O)cc1OC. The Morgan fingerprint density at radius 3 is 2.38 bits per heavy atom. The van der Waals surface area contributed by atoms with E-state index in [0.29, 0.717) is 17.4 Å². The van der Waals surface area contributed by atoms with Crippen molar-refractivity contribution in [1.82, 2.24) is 0 Å². The minimum Gasteiger partial charge on any atom is -0.493 e. The molecule has 0 aromatic heterocycles. The van der Waals surface area contributed by atoms with Crippen LogP contribution in [-0.2, 0) is 9.53 Å². The van der Waals surface area contributed by atoms with Crippen molar-refractivity contribution in [2.24, 2.45) is 4.99 Å². The molecule has 122 valence electrons. The standard InChI is InChI=1S/C19H17NO4/c1-12-9-16(22-2)17(23-3)11-14(12)10-15-19(21)24-18(20-15)13-7-5-4-6-8-13/h4-11H,1-3H3/b15-10-. The summed E-state index contributed by atoms with van der Waals surface area (Å²) in [5, 5.41) is 0. The molecule has 5 nitrogen and oxygen atoms in total. The third kappa shape index (κ3) is 3.01. The Morgan fingerprint density at radius 1 is 1.04 bits per heavy atom. The first-order valence-corrected chi connectivity index (χ1v) is 7.43. The molecular formula is C19H17NO4. The van der Waals surface area contributed by atoms with Gasteiger partial charge in [-0.25, -0.2) is 9.79 Å². The highest BCUT2D eigenvalue weighted by Gasteiger charge is 2.24. The largest absolute Gasteiger partial charge is 0.493 e. The fourth-order valence-corrected chi connectivity index (χ4v) is 2.41. The second kappa shape index (κ2) is 6.58. The normalized spacial score (nSPS) is 15.2. The summed E-state index contributed by atoms with van der Waals surface area (Å²) in [5.74, 6) is 1.07. The lowest BCUT2D eigenvalue weighted by Gasteiger charge is -2.10.